The molecule has 122 valence electrons. The summed E-state index contributed by atoms with van der Waals surface area (Å²) in [6.07, 6.45) is 2.02. The van der Waals surface area contributed by atoms with E-state index in [0.717, 1.165) is 18.5 Å². The second-order valence-electron chi connectivity index (χ2n) is 5.65. The predicted octanol–water partition coefficient (Wildman–Crippen LogP) is 2.95. The van der Waals surface area contributed by atoms with Crippen molar-refractivity contribution >= 4 is 11.9 Å². The van der Waals surface area contributed by atoms with Crippen LogP contribution in [0.3, 0.4) is 0 Å². The Bertz CT molecular complexity index is 643. The average Bonchev–Trinajstić information content (AvgIpc) is 2.55. The van der Waals surface area contributed by atoms with Crippen molar-refractivity contribution < 1.29 is 4.79 Å². The van der Waals surface area contributed by atoms with Gasteiger partial charge in [0.2, 0.25) is 5.95 Å². The van der Waals surface area contributed by atoms with E-state index >= 15 is 0 Å². The Balaban J connectivity index is 2.11. The zero-order valence-corrected chi connectivity index (χ0v) is 14.0. The molecule has 1 heterocycles. The lowest BCUT2D eigenvalue weighted by atomic mass is 10.2. The number of aryl methyl sites for hydroxylation is 1. The van der Waals surface area contributed by atoms with E-state index in [2.05, 4.69) is 34.3 Å². The number of amides is 1. The van der Waals surface area contributed by atoms with Gasteiger partial charge in [-0.1, -0.05) is 43.7 Å². The minimum atomic E-state index is -0.140. The number of aromatic nitrogens is 2. The van der Waals surface area contributed by atoms with Crippen molar-refractivity contribution in [3.8, 4) is 0 Å². The van der Waals surface area contributed by atoms with Gasteiger partial charge in [0, 0.05) is 25.8 Å². The molecule has 1 aromatic heterocycles. The van der Waals surface area contributed by atoms with E-state index in [9.17, 15) is 4.79 Å². The zero-order chi connectivity index (χ0) is 16.7. The highest BCUT2D eigenvalue weighted by atomic mass is 16.1. The fourth-order valence-electron chi connectivity index (χ4n) is 2.24. The molecule has 1 amide bonds. The molecule has 23 heavy (non-hydrogen) atoms. The molecule has 0 bridgehead atoms. The van der Waals surface area contributed by atoms with Crippen LogP contribution in [-0.2, 0) is 6.54 Å². The number of unbranched alkanes of at least 4 members (excludes halogenated alkanes) is 1. The van der Waals surface area contributed by atoms with Crippen LogP contribution in [0, 0.1) is 6.92 Å². The fraction of sp³-hybridized carbons (Fsp3) is 0.389. The molecule has 0 spiro atoms. The zero-order valence-electron chi connectivity index (χ0n) is 14.0. The molecule has 0 saturated heterocycles. The average molecular weight is 312 g/mol. The molecular weight excluding hydrogens is 288 g/mol. The lowest BCUT2D eigenvalue weighted by Gasteiger charge is -2.18. The van der Waals surface area contributed by atoms with Gasteiger partial charge in [0.1, 0.15) is 5.69 Å². The second-order valence-corrected chi connectivity index (χ2v) is 5.65. The fourth-order valence-corrected chi connectivity index (χ4v) is 2.24. The summed E-state index contributed by atoms with van der Waals surface area (Å²) >= 11 is 0. The SMILES string of the molecule is CCCCNC(=O)c1cc(C)nc(N(C)Cc2ccccc2)n1. The molecule has 0 unspecified atom stereocenters. The van der Waals surface area contributed by atoms with Gasteiger partial charge in [0.25, 0.3) is 5.91 Å². The second kappa shape index (κ2) is 8.27. The highest BCUT2D eigenvalue weighted by molar-refractivity contribution is 5.92. The summed E-state index contributed by atoms with van der Waals surface area (Å²) < 4.78 is 0. The molecule has 5 heteroatoms. The number of rotatable bonds is 7. The molecule has 5 nitrogen and oxygen atoms in total. The molecule has 0 atom stereocenters. The quantitative estimate of drug-likeness (QED) is 0.799. The Morgan fingerprint density at radius 2 is 1.96 bits per heavy atom. The van der Waals surface area contributed by atoms with Crippen molar-refractivity contribution in [2.75, 3.05) is 18.5 Å². The Hall–Kier alpha value is -2.43. The van der Waals surface area contributed by atoms with Crippen LogP contribution in [0.25, 0.3) is 0 Å². The lowest BCUT2D eigenvalue weighted by Crippen LogP contribution is -2.27. The number of nitrogens with zero attached hydrogens (tertiary/aromatic N) is 3. The lowest BCUT2D eigenvalue weighted by molar-refractivity contribution is 0.0948. The van der Waals surface area contributed by atoms with Gasteiger partial charge in [-0.25, -0.2) is 9.97 Å². The van der Waals surface area contributed by atoms with Crippen molar-refractivity contribution in [1.82, 2.24) is 15.3 Å². The first-order chi connectivity index (χ1) is 11.1. The van der Waals surface area contributed by atoms with Gasteiger partial charge in [-0.2, -0.15) is 0 Å². The third kappa shape index (κ3) is 5.06. The monoisotopic (exact) mass is 312 g/mol. The van der Waals surface area contributed by atoms with E-state index in [4.69, 9.17) is 0 Å². The molecule has 0 saturated carbocycles. The largest absolute Gasteiger partial charge is 0.351 e. The van der Waals surface area contributed by atoms with Gasteiger partial charge in [-0.3, -0.25) is 4.79 Å². The number of anilines is 1. The number of hydrogen-bond acceptors (Lipinski definition) is 4. The standard InChI is InChI=1S/C18H24N4O/c1-4-5-11-19-17(23)16-12-14(2)20-18(21-16)22(3)13-15-9-7-6-8-10-15/h6-10,12H,4-5,11,13H2,1-3H3,(H,19,23). The van der Waals surface area contributed by atoms with Crippen LogP contribution in [0.2, 0.25) is 0 Å². The normalized spacial score (nSPS) is 10.4. The van der Waals surface area contributed by atoms with E-state index in [1.54, 1.807) is 6.07 Å². The van der Waals surface area contributed by atoms with E-state index < -0.39 is 0 Å². The van der Waals surface area contributed by atoms with Crippen LogP contribution in [0.4, 0.5) is 5.95 Å². The van der Waals surface area contributed by atoms with Crippen LogP contribution in [0.15, 0.2) is 36.4 Å². The molecule has 0 fully saturated rings. The van der Waals surface area contributed by atoms with Crippen molar-refractivity contribution in [1.29, 1.82) is 0 Å². The van der Waals surface area contributed by atoms with Crippen LogP contribution < -0.4 is 10.2 Å². The molecule has 2 rings (SSSR count). The van der Waals surface area contributed by atoms with Gasteiger partial charge in [-0.05, 0) is 25.0 Å². The first-order valence-corrected chi connectivity index (χ1v) is 7.99. The van der Waals surface area contributed by atoms with Crippen LogP contribution in [0.5, 0.6) is 0 Å². The molecule has 0 aliphatic rings. The number of carbonyl (C=O) groups is 1. The summed E-state index contributed by atoms with van der Waals surface area (Å²) in [5.41, 5.74) is 2.38. The van der Waals surface area contributed by atoms with Gasteiger partial charge in [0.05, 0.1) is 0 Å². The Morgan fingerprint density at radius 3 is 2.65 bits per heavy atom. The minimum Gasteiger partial charge on any atom is -0.351 e. The summed E-state index contributed by atoms with van der Waals surface area (Å²) in [6, 6.07) is 11.8. The Morgan fingerprint density at radius 1 is 1.22 bits per heavy atom. The van der Waals surface area contributed by atoms with Crippen LogP contribution in [-0.4, -0.2) is 29.5 Å². The maximum Gasteiger partial charge on any atom is 0.270 e. The van der Waals surface area contributed by atoms with Gasteiger partial charge < -0.3 is 10.2 Å². The van der Waals surface area contributed by atoms with Crippen LogP contribution in [0.1, 0.15) is 41.5 Å². The number of hydrogen-bond donors (Lipinski definition) is 1. The van der Waals surface area contributed by atoms with Crippen molar-refractivity contribution in [2.24, 2.45) is 0 Å². The molecular formula is C18H24N4O. The summed E-state index contributed by atoms with van der Waals surface area (Å²) in [6.45, 7) is 5.34. The maximum absolute atomic E-state index is 12.2. The Kier molecular flexibility index (Phi) is 6.09. The van der Waals surface area contributed by atoms with Gasteiger partial charge in [0.15, 0.2) is 0 Å². The molecule has 2 aromatic rings. The van der Waals surface area contributed by atoms with E-state index in [1.807, 2.05) is 37.1 Å². The highest BCUT2D eigenvalue weighted by Crippen LogP contribution is 2.12. The minimum absolute atomic E-state index is 0.140. The Labute approximate surface area is 137 Å². The first-order valence-electron chi connectivity index (χ1n) is 7.99. The van der Waals surface area contributed by atoms with Crippen molar-refractivity contribution in [2.45, 2.75) is 33.2 Å². The molecule has 1 aromatic carbocycles. The van der Waals surface area contributed by atoms with E-state index in [-0.39, 0.29) is 5.91 Å². The molecule has 0 radical (unpaired) electrons. The summed E-state index contributed by atoms with van der Waals surface area (Å²) in [5, 5.41) is 2.90. The molecule has 1 N–H and O–H groups in total. The van der Waals surface area contributed by atoms with Gasteiger partial charge >= 0.3 is 0 Å². The van der Waals surface area contributed by atoms with Crippen LogP contribution >= 0.6 is 0 Å². The van der Waals surface area contributed by atoms with Crippen molar-refractivity contribution in [3.05, 3.63) is 53.3 Å². The summed E-state index contributed by atoms with van der Waals surface area (Å²) in [5.74, 6) is 0.424. The molecule has 0 aliphatic heterocycles. The van der Waals surface area contributed by atoms with E-state index in [0.29, 0.717) is 24.7 Å². The number of nitrogens with one attached hydrogen (secondary N) is 1. The highest BCUT2D eigenvalue weighted by Gasteiger charge is 2.12. The van der Waals surface area contributed by atoms with E-state index in [1.165, 1.54) is 5.56 Å². The number of benzene rings is 1. The summed E-state index contributed by atoms with van der Waals surface area (Å²) in [7, 11) is 1.93. The number of carbonyl (C=O) groups excluding carboxylic acids is 1. The topological polar surface area (TPSA) is 58.1 Å². The maximum atomic E-state index is 12.2. The third-order valence-corrected chi connectivity index (χ3v) is 3.49. The molecule has 0 aliphatic carbocycles. The summed E-state index contributed by atoms with van der Waals surface area (Å²) in [4.78, 5) is 23.0. The van der Waals surface area contributed by atoms with Gasteiger partial charge in [-0.15, -0.1) is 0 Å². The third-order valence-electron chi connectivity index (χ3n) is 3.49. The van der Waals surface area contributed by atoms with Crippen molar-refractivity contribution in [3.63, 3.8) is 0 Å². The first kappa shape index (κ1) is 16.9. The predicted molar refractivity (Wildman–Crippen MR) is 92.6 cm³/mol. The smallest absolute Gasteiger partial charge is 0.270 e.